The van der Waals surface area contributed by atoms with Crippen molar-refractivity contribution in [3.8, 4) is 22.6 Å². The van der Waals surface area contributed by atoms with E-state index < -0.39 is 0 Å². The van der Waals surface area contributed by atoms with E-state index in [9.17, 15) is 0 Å². The first-order chi connectivity index (χ1) is 15.5. The number of fused-ring (bicyclic) bond motifs is 3. The Bertz CT molecular complexity index is 1610. The first kappa shape index (κ1) is 19.3. The molecule has 0 saturated heterocycles. The number of aromatic nitrogens is 1. The van der Waals surface area contributed by atoms with Crippen LogP contribution in [-0.4, -0.2) is 4.98 Å². The summed E-state index contributed by atoms with van der Waals surface area (Å²) in [4.78, 5) is 4.77. The summed E-state index contributed by atoms with van der Waals surface area (Å²) >= 11 is 1.75. The average Bonchev–Trinajstić information content (AvgIpc) is 3.41. The topological polar surface area (TPSA) is 26.0 Å². The van der Waals surface area contributed by atoms with Gasteiger partial charge in [-0.25, -0.2) is 0 Å². The van der Waals surface area contributed by atoms with Crippen molar-refractivity contribution >= 4 is 43.2 Å². The van der Waals surface area contributed by atoms with Gasteiger partial charge in [0.2, 0.25) is 0 Å². The van der Waals surface area contributed by atoms with E-state index in [0.717, 1.165) is 33.6 Å². The number of hydrogen-bond acceptors (Lipinski definition) is 3. The van der Waals surface area contributed by atoms with Crippen LogP contribution in [-0.2, 0) is 5.41 Å². The van der Waals surface area contributed by atoms with E-state index in [1.165, 1.54) is 26.4 Å². The van der Waals surface area contributed by atoms with Gasteiger partial charge in [-0.15, -0.1) is 11.3 Å². The van der Waals surface area contributed by atoms with Gasteiger partial charge >= 0.3 is 0 Å². The molecule has 0 amide bonds. The number of thiophene rings is 1. The zero-order valence-corrected chi connectivity index (χ0v) is 19.2. The molecule has 32 heavy (non-hydrogen) atoms. The Hall–Kier alpha value is -3.43. The molecule has 3 aromatic carbocycles. The molecule has 3 aromatic heterocycles. The van der Waals surface area contributed by atoms with Crippen molar-refractivity contribution in [3.63, 3.8) is 0 Å². The van der Waals surface area contributed by atoms with Crippen LogP contribution in [0.5, 0.6) is 0 Å². The summed E-state index contributed by atoms with van der Waals surface area (Å²) in [5.74, 6) is 0.892. The highest BCUT2D eigenvalue weighted by Crippen LogP contribution is 2.40. The number of rotatable bonds is 2. The minimum Gasteiger partial charge on any atom is -0.454 e. The molecule has 0 saturated carbocycles. The van der Waals surface area contributed by atoms with Crippen LogP contribution in [0.4, 0.5) is 0 Å². The zero-order valence-electron chi connectivity index (χ0n) is 18.3. The van der Waals surface area contributed by atoms with Gasteiger partial charge in [-0.1, -0.05) is 63.2 Å². The van der Waals surface area contributed by atoms with E-state index >= 15 is 0 Å². The SMILES string of the molecule is CC(C)(C)c1cc(-c2nccc3cc(-c4csc5ccccc45)oc23)cc2ccccc12. The first-order valence-corrected chi connectivity index (χ1v) is 11.8. The van der Waals surface area contributed by atoms with Crippen LogP contribution in [0.25, 0.3) is 54.4 Å². The van der Waals surface area contributed by atoms with E-state index in [2.05, 4.69) is 92.9 Å². The third kappa shape index (κ3) is 3.04. The van der Waals surface area contributed by atoms with Gasteiger partial charge in [-0.05, 0) is 52.1 Å². The van der Waals surface area contributed by atoms with Crippen molar-refractivity contribution in [1.29, 1.82) is 0 Å². The Kier molecular flexibility index (Phi) is 4.24. The summed E-state index contributed by atoms with van der Waals surface area (Å²) < 4.78 is 7.76. The maximum atomic E-state index is 6.49. The van der Waals surface area contributed by atoms with Crippen LogP contribution in [0, 0.1) is 0 Å². The van der Waals surface area contributed by atoms with Gasteiger partial charge in [0.25, 0.3) is 0 Å². The van der Waals surface area contributed by atoms with Gasteiger partial charge in [0.15, 0.2) is 5.58 Å². The minimum absolute atomic E-state index is 0.0213. The average molecular weight is 434 g/mol. The quantitative estimate of drug-likeness (QED) is 0.273. The van der Waals surface area contributed by atoms with Crippen molar-refractivity contribution in [2.24, 2.45) is 0 Å². The molecule has 3 heterocycles. The molecular weight excluding hydrogens is 410 g/mol. The van der Waals surface area contributed by atoms with E-state index in [-0.39, 0.29) is 5.41 Å². The smallest absolute Gasteiger partial charge is 0.161 e. The normalized spacial score (nSPS) is 12.2. The molecule has 0 fully saturated rings. The van der Waals surface area contributed by atoms with Crippen molar-refractivity contribution in [2.75, 3.05) is 0 Å². The Labute approximate surface area is 191 Å². The fourth-order valence-corrected chi connectivity index (χ4v) is 5.49. The molecule has 0 aliphatic heterocycles. The first-order valence-electron chi connectivity index (χ1n) is 10.9. The molecule has 0 bridgehead atoms. The van der Waals surface area contributed by atoms with Gasteiger partial charge in [0.05, 0.1) is 0 Å². The maximum Gasteiger partial charge on any atom is 0.161 e. The molecule has 0 unspecified atom stereocenters. The van der Waals surface area contributed by atoms with E-state index in [1.54, 1.807) is 11.3 Å². The largest absolute Gasteiger partial charge is 0.454 e. The lowest BCUT2D eigenvalue weighted by Gasteiger charge is -2.22. The Morgan fingerprint density at radius 3 is 2.44 bits per heavy atom. The van der Waals surface area contributed by atoms with Crippen LogP contribution in [0.1, 0.15) is 26.3 Å². The second kappa shape index (κ2) is 7.04. The highest BCUT2D eigenvalue weighted by molar-refractivity contribution is 7.17. The molecule has 2 nitrogen and oxygen atoms in total. The summed E-state index contributed by atoms with van der Waals surface area (Å²) in [5, 5.41) is 7.01. The molecule has 6 rings (SSSR count). The molecule has 156 valence electrons. The molecule has 0 atom stereocenters. The lowest BCUT2D eigenvalue weighted by atomic mass is 9.82. The molecule has 3 heteroatoms. The standard InChI is InChI=1S/C29H23NOS/c1-29(2,3)24-15-20(14-18-8-4-5-9-21(18)24)27-28-19(12-13-30-27)16-25(31-28)23-17-32-26-11-7-6-10-22(23)26/h4-17H,1-3H3. The van der Waals surface area contributed by atoms with Crippen LogP contribution in [0.15, 0.2) is 88.8 Å². The van der Waals surface area contributed by atoms with E-state index in [1.807, 2.05) is 12.3 Å². The Morgan fingerprint density at radius 1 is 0.812 bits per heavy atom. The van der Waals surface area contributed by atoms with Gasteiger partial charge in [-0.3, -0.25) is 4.98 Å². The summed E-state index contributed by atoms with van der Waals surface area (Å²) in [6.07, 6.45) is 1.88. The third-order valence-corrected chi connectivity index (χ3v) is 7.09. The van der Waals surface area contributed by atoms with E-state index in [0.29, 0.717) is 0 Å². The van der Waals surface area contributed by atoms with Crippen molar-refractivity contribution in [3.05, 3.63) is 89.9 Å². The van der Waals surface area contributed by atoms with Crippen LogP contribution in [0.3, 0.4) is 0 Å². The number of nitrogens with zero attached hydrogens (tertiary/aromatic N) is 1. The predicted molar refractivity (Wildman–Crippen MR) is 136 cm³/mol. The number of pyridine rings is 1. The molecule has 0 aliphatic carbocycles. The number of furan rings is 1. The van der Waals surface area contributed by atoms with Gasteiger partial charge in [0.1, 0.15) is 11.5 Å². The monoisotopic (exact) mass is 433 g/mol. The molecule has 0 radical (unpaired) electrons. The number of benzene rings is 3. The Balaban J connectivity index is 1.59. The van der Waals surface area contributed by atoms with Crippen molar-refractivity contribution < 1.29 is 4.42 Å². The second-order valence-electron chi connectivity index (χ2n) is 9.33. The Morgan fingerprint density at radius 2 is 1.59 bits per heavy atom. The highest BCUT2D eigenvalue weighted by atomic mass is 32.1. The summed E-state index contributed by atoms with van der Waals surface area (Å²) in [6.45, 7) is 6.79. The maximum absolute atomic E-state index is 6.49. The number of hydrogen-bond donors (Lipinski definition) is 0. The fraction of sp³-hybridized carbons (Fsp3) is 0.138. The van der Waals surface area contributed by atoms with Crippen molar-refractivity contribution in [2.45, 2.75) is 26.2 Å². The molecule has 0 spiro atoms. The third-order valence-electron chi connectivity index (χ3n) is 6.12. The summed E-state index contributed by atoms with van der Waals surface area (Å²) in [5.41, 5.74) is 5.31. The van der Waals surface area contributed by atoms with E-state index in [4.69, 9.17) is 9.40 Å². The van der Waals surface area contributed by atoms with Crippen LogP contribution >= 0.6 is 11.3 Å². The lowest BCUT2D eigenvalue weighted by Crippen LogP contribution is -2.12. The second-order valence-corrected chi connectivity index (χ2v) is 10.2. The van der Waals surface area contributed by atoms with Crippen LogP contribution < -0.4 is 0 Å². The lowest BCUT2D eigenvalue weighted by molar-refractivity contribution is 0.596. The molecule has 6 aromatic rings. The fourth-order valence-electron chi connectivity index (χ4n) is 4.54. The predicted octanol–water partition coefficient (Wildman–Crippen LogP) is 8.83. The summed E-state index contributed by atoms with van der Waals surface area (Å²) in [6, 6.07) is 25.8. The van der Waals surface area contributed by atoms with Crippen molar-refractivity contribution in [1.82, 2.24) is 4.98 Å². The van der Waals surface area contributed by atoms with Gasteiger partial charge in [0, 0.05) is 38.2 Å². The minimum atomic E-state index is 0.0213. The molecule has 0 aliphatic rings. The van der Waals surface area contributed by atoms with Gasteiger partial charge in [-0.2, -0.15) is 0 Å². The van der Waals surface area contributed by atoms with Crippen LogP contribution in [0.2, 0.25) is 0 Å². The molecule has 0 N–H and O–H groups in total. The molecular formula is C29H23NOS. The van der Waals surface area contributed by atoms with Gasteiger partial charge < -0.3 is 4.42 Å². The summed E-state index contributed by atoms with van der Waals surface area (Å²) in [7, 11) is 0. The zero-order chi connectivity index (χ0) is 21.9. The highest BCUT2D eigenvalue weighted by Gasteiger charge is 2.20.